The molecule has 2 aromatic rings. The fraction of sp³-hybridized carbons (Fsp3) is 0.118. The topological polar surface area (TPSA) is 44.8 Å². The molecule has 0 amide bonds. The van der Waals surface area contributed by atoms with Crippen molar-refractivity contribution in [3.63, 3.8) is 0 Å². The number of ether oxygens (including phenoxy) is 3. The van der Waals surface area contributed by atoms with Crippen LogP contribution in [0.4, 0.5) is 0 Å². The highest BCUT2D eigenvalue weighted by atomic mass is 35.5. The lowest BCUT2D eigenvalue weighted by molar-refractivity contribution is -0.133. The normalized spacial score (nSPS) is 11.0. The number of rotatable bonds is 5. The monoisotopic (exact) mass is 318 g/mol. The van der Waals surface area contributed by atoms with Gasteiger partial charge in [0.2, 0.25) is 0 Å². The van der Waals surface area contributed by atoms with E-state index in [1.165, 1.54) is 20.5 Å². The minimum absolute atomic E-state index is 0.266. The van der Waals surface area contributed by atoms with E-state index in [0.717, 1.165) is 0 Å². The first-order chi connectivity index (χ1) is 10.7. The van der Waals surface area contributed by atoms with Crippen LogP contribution in [0.5, 0.6) is 11.5 Å². The fourth-order valence-corrected chi connectivity index (χ4v) is 2.07. The van der Waals surface area contributed by atoms with Crippen molar-refractivity contribution in [2.45, 2.75) is 0 Å². The predicted molar refractivity (Wildman–Crippen MR) is 85.0 cm³/mol. The molecular formula is C17H15ClO4. The summed E-state index contributed by atoms with van der Waals surface area (Å²) in [7, 11) is 2.77. The SMILES string of the molecule is CO/C=C(/C(=O)OC)c1ccccc1Oc1cccc(Cl)c1. The van der Waals surface area contributed by atoms with Gasteiger partial charge >= 0.3 is 5.97 Å². The van der Waals surface area contributed by atoms with Crippen LogP contribution in [0, 0.1) is 0 Å². The van der Waals surface area contributed by atoms with E-state index in [0.29, 0.717) is 22.1 Å². The molecule has 0 aliphatic heterocycles. The average Bonchev–Trinajstić information content (AvgIpc) is 2.53. The molecule has 0 aliphatic rings. The van der Waals surface area contributed by atoms with Gasteiger partial charge in [-0.25, -0.2) is 4.79 Å². The van der Waals surface area contributed by atoms with Gasteiger partial charge in [-0.1, -0.05) is 35.9 Å². The van der Waals surface area contributed by atoms with E-state index in [9.17, 15) is 4.79 Å². The van der Waals surface area contributed by atoms with Crippen LogP contribution < -0.4 is 4.74 Å². The Morgan fingerprint density at radius 1 is 1.09 bits per heavy atom. The van der Waals surface area contributed by atoms with E-state index in [1.54, 1.807) is 42.5 Å². The van der Waals surface area contributed by atoms with Gasteiger partial charge in [-0.15, -0.1) is 0 Å². The molecule has 0 aliphatic carbocycles. The number of carbonyl (C=O) groups is 1. The molecule has 0 spiro atoms. The minimum atomic E-state index is -0.510. The predicted octanol–water partition coefficient (Wildman–Crippen LogP) is 4.29. The van der Waals surface area contributed by atoms with Crippen LogP contribution in [-0.2, 0) is 14.3 Å². The zero-order valence-corrected chi connectivity index (χ0v) is 13.0. The first-order valence-corrected chi connectivity index (χ1v) is 6.87. The second-order valence-corrected chi connectivity index (χ2v) is 4.75. The van der Waals surface area contributed by atoms with Crippen molar-refractivity contribution in [3.8, 4) is 11.5 Å². The quantitative estimate of drug-likeness (QED) is 0.468. The number of para-hydroxylation sites is 1. The van der Waals surface area contributed by atoms with Crippen molar-refractivity contribution in [2.24, 2.45) is 0 Å². The number of hydrogen-bond donors (Lipinski definition) is 0. The molecule has 114 valence electrons. The van der Waals surface area contributed by atoms with Gasteiger partial charge in [0.15, 0.2) is 0 Å². The number of carbonyl (C=O) groups excluding carboxylic acids is 1. The van der Waals surface area contributed by atoms with Gasteiger partial charge in [-0.2, -0.15) is 0 Å². The number of methoxy groups -OCH3 is 2. The summed E-state index contributed by atoms with van der Waals surface area (Å²) in [6, 6.07) is 14.1. The van der Waals surface area contributed by atoms with Crippen molar-refractivity contribution < 1.29 is 19.0 Å². The molecule has 2 rings (SSSR count). The van der Waals surface area contributed by atoms with Gasteiger partial charge in [-0.3, -0.25) is 0 Å². The van der Waals surface area contributed by atoms with E-state index in [1.807, 2.05) is 6.07 Å². The number of hydrogen-bond acceptors (Lipinski definition) is 4. The third-order valence-corrected chi connectivity index (χ3v) is 3.08. The summed E-state index contributed by atoms with van der Waals surface area (Å²) in [6.45, 7) is 0. The molecule has 0 saturated heterocycles. The summed E-state index contributed by atoms with van der Waals surface area (Å²) < 4.78 is 15.6. The van der Waals surface area contributed by atoms with Gasteiger partial charge in [-0.05, 0) is 24.3 Å². The molecule has 0 N–H and O–H groups in total. The largest absolute Gasteiger partial charge is 0.503 e. The van der Waals surface area contributed by atoms with Gasteiger partial charge in [0.05, 0.1) is 20.5 Å². The van der Waals surface area contributed by atoms with E-state index in [4.69, 9.17) is 25.8 Å². The summed E-state index contributed by atoms with van der Waals surface area (Å²) in [5, 5.41) is 0.565. The Kier molecular flexibility index (Phi) is 5.44. The summed E-state index contributed by atoms with van der Waals surface area (Å²) in [4.78, 5) is 11.9. The third kappa shape index (κ3) is 3.80. The van der Waals surface area contributed by atoms with Crippen molar-refractivity contribution in [2.75, 3.05) is 14.2 Å². The zero-order chi connectivity index (χ0) is 15.9. The van der Waals surface area contributed by atoms with Crippen molar-refractivity contribution >= 4 is 23.1 Å². The number of benzene rings is 2. The Balaban J connectivity index is 2.41. The smallest absolute Gasteiger partial charge is 0.341 e. The van der Waals surface area contributed by atoms with Crippen molar-refractivity contribution in [1.29, 1.82) is 0 Å². The molecule has 0 unspecified atom stereocenters. The third-order valence-electron chi connectivity index (χ3n) is 2.84. The first kappa shape index (κ1) is 15.9. The van der Waals surface area contributed by atoms with E-state index >= 15 is 0 Å². The molecule has 2 aromatic carbocycles. The highest BCUT2D eigenvalue weighted by Gasteiger charge is 2.18. The molecule has 22 heavy (non-hydrogen) atoms. The van der Waals surface area contributed by atoms with E-state index < -0.39 is 5.97 Å². The maximum Gasteiger partial charge on any atom is 0.341 e. The molecule has 0 bridgehead atoms. The molecule has 0 fully saturated rings. The molecule has 0 saturated carbocycles. The van der Waals surface area contributed by atoms with Crippen LogP contribution in [-0.4, -0.2) is 20.2 Å². The summed E-state index contributed by atoms with van der Waals surface area (Å²) in [6.07, 6.45) is 1.33. The van der Waals surface area contributed by atoms with Crippen molar-refractivity contribution in [1.82, 2.24) is 0 Å². The van der Waals surface area contributed by atoms with Gasteiger partial charge in [0.1, 0.15) is 17.1 Å². The molecule has 5 heteroatoms. The molecular weight excluding hydrogens is 304 g/mol. The lowest BCUT2D eigenvalue weighted by atomic mass is 10.1. The molecule has 4 nitrogen and oxygen atoms in total. The Morgan fingerprint density at radius 3 is 2.55 bits per heavy atom. The molecule has 0 aromatic heterocycles. The molecule has 0 heterocycles. The maximum absolute atomic E-state index is 11.9. The second kappa shape index (κ2) is 7.52. The van der Waals surface area contributed by atoms with E-state index in [-0.39, 0.29) is 5.57 Å². The average molecular weight is 319 g/mol. The lowest BCUT2D eigenvalue weighted by Gasteiger charge is -2.12. The summed E-state index contributed by atoms with van der Waals surface area (Å²) >= 11 is 5.95. The second-order valence-electron chi connectivity index (χ2n) is 4.31. The van der Waals surface area contributed by atoms with Gasteiger partial charge < -0.3 is 14.2 Å². The maximum atomic E-state index is 11.9. The van der Waals surface area contributed by atoms with Gasteiger partial charge in [0.25, 0.3) is 0 Å². The van der Waals surface area contributed by atoms with Crippen LogP contribution in [0.2, 0.25) is 5.02 Å². The van der Waals surface area contributed by atoms with Gasteiger partial charge in [0, 0.05) is 10.6 Å². The first-order valence-electron chi connectivity index (χ1n) is 6.50. The van der Waals surface area contributed by atoms with Crippen LogP contribution in [0.25, 0.3) is 5.57 Å². The highest BCUT2D eigenvalue weighted by molar-refractivity contribution is 6.30. The summed E-state index contributed by atoms with van der Waals surface area (Å²) in [5.41, 5.74) is 0.832. The lowest BCUT2D eigenvalue weighted by Crippen LogP contribution is -2.05. The zero-order valence-electron chi connectivity index (χ0n) is 12.2. The number of esters is 1. The standard InChI is InChI=1S/C17H15ClO4/c1-20-11-15(17(19)21-2)14-8-3-4-9-16(14)22-13-7-5-6-12(18)10-13/h3-11H,1-2H3/b15-11+. The Hall–Kier alpha value is -2.46. The highest BCUT2D eigenvalue weighted by Crippen LogP contribution is 2.31. The fourth-order valence-electron chi connectivity index (χ4n) is 1.88. The Morgan fingerprint density at radius 2 is 1.86 bits per heavy atom. The van der Waals surface area contributed by atoms with Crippen LogP contribution in [0.3, 0.4) is 0 Å². The van der Waals surface area contributed by atoms with Crippen LogP contribution in [0.1, 0.15) is 5.56 Å². The Labute approximate surface area is 133 Å². The van der Waals surface area contributed by atoms with Crippen LogP contribution >= 0.6 is 11.6 Å². The molecule has 0 atom stereocenters. The summed E-state index contributed by atoms with van der Waals surface area (Å²) in [5.74, 6) is 0.559. The van der Waals surface area contributed by atoms with Crippen molar-refractivity contribution in [3.05, 3.63) is 65.4 Å². The number of halogens is 1. The van der Waals surface area contributed by atoms with Crippen LogP contribution in [0.15, 0.2) is 54.8 Å². The Bertz CT molecular complexity index is 695. The minimum Gasteiger partial charge on any atom is -0.503 e. The van der Waals surface area contributed by atoms with E-state index in [2.05, 4.69) is 0 Å². The molecule has 0 radical (unpaired) electrons.